The van der Waals surface area contributed by atoms with Gasteiger partial charge in [0.05, 0.1) is 37.9 Å². The quantitative estimate of drug-likeness (QED) is 0.266. The van der Waals surface area contributed by atoms with E-state index in [1.165, 1.54) is 0 Å². The summed E-state index contributed by atoms with van der Waals surface area (Å²) in [6, 6.07) is 11.4. The molecule has 0 amide bonds. The number of nitrogens with zero attached hydrogens (tertiary/aromatic N) is 5. The molecule has 4 aromatic rings. The van der Waals surface area contributed by atoms with Crippen LogP contribution in [-0.4, -0.2) is 32.5 Å². The molecule has 2 heterocycles. The average Bonchev–Trinajstić information content (AvgIpc) is 3.45. The Balaban J connectivity index is 1.55. The smallest absolute Gasteiger partial charge is 0.307 e. The number of esters is 1. The molecule has 8 heteroatoms. The van der Waals surface area contributed by atoms with E-state index in [2.05, 4.69) is 33.9 Å². The van der Waals surface area contributed by atoms with Crippen molar-refractivity contribution < 1.29 is 14.1 Å². The first-order valence-electron chi connectivity index (χ1n) is 10.9. The minimum absolute atomic E-state index is 0.240. The van der Waals surface area contributed by atoms with Crippen molar-refractivity contribution in [2.24, 2.45) is 5.92 Å². The number of rotatable bonds is 8. The Hall–Kier alpha value is -3.99. The summed E-state index contributed by atoms with van der Waals surface area (Å²) in [6.45, 7) is 14.4. The van der Waals surface area contributed by atoms with Gasteiger partial charge in [-0.05, 0) is 49.1 Å². The molecule has 2 aromatic carbocycles. The van der Waals surface area contributed by atoms with Gasteiger partial charge in [-0.15, -0.1) is 0 Å². The summed E-state index contributed by atoms with van der Waals surface area (Å²) in [5.74, 6) is 1.06. The fourth-order valence-electron chi connectivity index (χ4n) is 3.71. The third-order valence-corrected chi connectivity index (χ3v) is 5.24. The van der Waals surface area contributed by atoms with E-state index in [9.17, 15) is 4.79 Å². The molecule has 168 valence electrons. The fourth-order valence-corrected chi connectivity index (χ4v) is 3.71. The summed E-state index contributed by atoms with van der Waals surface area (Å²) in [4.78, 5) is 19.8. The molecule has 0 saturated carbocycles. The Morgan fingerprint density at radius 1 is 1.21 bits per heavy atom. The van der Waals surface area contributed by atoms with E-state index in [1.54, 1.807) is 23.9 Å². The third-order valence-electron chi connectivity index (χ3n) is 5.24. The van der Waals surface area contributed by atoms with Gasteiger partial charge in [-0.2, -0.15) is 10.1 Å². The molecule has 0 aliphatic carbocycles. The van der Waals surface area contributed by atoms with Crippen molar-refractivity contribution in [3.8, 4) is 22.8 Å². The van der Waals surface area contributed by atoms with E-state index < -0.39 is 0 Å². The zero-order chi connectivity index (χ0) is 23.4. The number of hydrogen-bond donors (Lipinski definition) is 0. The zero-order valence-corrected chi connectivity index (χ0v) is 18.9. The van der Waals surface area contributed by atoms with Gasteiger partial charge in [0.2, 0.25) is 5.82 Å². The largest absolute Gasteiger partial charge is 0.466 e. The minimum atomic E-state index is -0.240. The number of benzene rings is 2. The lowest BCUT2D eigenvalue weighted by Crippen LogP contribution is -2.09. The number of hydrogen-bond acceptors (Lipinski definition) is 6. The Kier molecular flexibility index (Phi) is 6.50. The van der Waals surface area contributed by atoms with Gasteiger partial charge >= 0.3 is 5.97 Å². The van der Waals surface area contributed by atoms with Crippen molar-refractivity contribution in [3.63, 3.8) is 0 Å². The van der Waals surface area contributed by atoms with E-state index in [0.717, 1.165) is 34.0 Å². The lowest BCUT2D eigenvalue weighted by molar-refractivity contribution is -0.143. The number of carbonyl (C=O) groups is 1. The maximum atomic E-state index is 11.6. The van der Waals surface area contributed by atoms with E-state index in [4.69, 9.17) is 15.8 Å². The van der Waals surface area contributed by atoms with Crippen LogP contribution in [0.15, 0.2) is 47.1 Å². The lowest BCUT2D eigenvalue weighted by Gasteiger charge is -2.07. The zero-order valence-electron chi connectivity index (χ0n) is 18.9. The second-order valence-corrected chi connectivity index (χ2v) is 8.17. The topological polar surface area (TPSA) is 87.4 Å². The van der Waals surface area contributed by atoms with E-state index in [1.807, 2.05) is 30.3 Å². The highest BCUT2D eigenvalue weighted by atomic mass is 16.5. The molecular weight excluding hydrogens is 418 g/mol. The molecule has 0 fully saturated rings. The van der Waals surface area contributed by atoms with Gasteiger partial charge in [-0.3, -0.25) is 9.48 Å². The Morgan fingerprint density at radius 2 is 2.03 bits per heavy atom. The molecule has 0 aliphatic rings. The number of aryl methyl sites for hydroxylation is 1. The summed E-state index contributed by atoms with van der Waals surface area (Å²) in [7, 11) is 0. The second-order valence-electron chi connectivity index (χ2n) is 8.17. The second kappa shape index (κ2) is 9.65. The fraction of sp³-hybridized carbons (Fsp3) is 0.320. The van der Waals surface area contributed by atoms with Crippen molar-refractivity contribution >= 4 is 22.6 Å². The molecule has 0 atom stereocenters. The summed E-state index contributed by atoms with van der Waals surface area (Å²) < 4.78 is 12.3. The SMILES string of the molecule is [C-]#[N+]c1cc(-c2nc(-c3ccc4c(cnn4CCC(=O)OCC)c3)no2)ccc1CC(C)C. The summed E-state index contributed by atoms with van der Waals surface area (Å²) >= 11 is 0. The molecule has 33 heavy (non-hydrogen) atoms. The number of carbonyl (C=O) groups excluding carboxylic acids is 1. The van der Waals surface area contributed by atoms with Crippen LogP contribution >= 0.6 is 0 Å². The van der Waals surface area contributed by atoms with Crippen molar-refractivity contribution in [1.82, 2.24) is 19.9 Å². The monoisotopic (exact) mass is 443 g/mol. The van der Waals surface area contributed by atoms with Crippen LogP contribution in [0.4, 0.5) is 5.69 Å². The highest BCUT2D eigenvalue weighted by molar-refractivity contribution is 5.83. The van der Waals surface area contributed by atoms with Gasteiger partial charge in [0.25, 0.3) is 5.89 Å². The van der Waals surface area contributed by atoms with E-state index in [-0.39, 0.29) is 12.4 Å². The molecule has 0 aliphatic heterocycles. The molecule has 0 unspecified atom stereocenters. The first-order chi connectivity index (χ1) is 16.0. The molecule has 8 nitrogen and oxygen atoms in total. The summed E-state index contributed by atoms with van der Waals surface area (Å²) in [5.41, 5.74) is 4.06. The van der Waals surface area contributed by atoms with Crippen LogP contribution in [0.5, 0.6) is 0 Å². The Morgan fingerprint density at radius 3 is 2.79 bits per heavy atom. The molecule has 0 spiro atoms. The molecule has 0 saturated heterocycles. The number of ether oxygens (including phenoxy) is 1. The van der Waals surface area contributed by atoms with Crippen LogP contribution in [0, 0.1) is 12.5 Å². The van der Waals surface area contributed by atoms with Gasteiger partial charge in [0.1, 0.15) is 0 Å². The normalized spacial score (nSPS) is 11.1. The molecule has 4 rings (SSSR count). The van der Waals surface area contributed by atoms with Crippen LogP contribution in [0.1, 0.15) is 32.8 Å². The first kappa shape index (κ1) is 22.2. The highest BCUT2D eigenvalue weighted by Crippen LogP contribution is 2.30. The average molecular weight is 444 g/mol. The van der Waals surface area contributed by atoms with Gasteiger partial charge in [0.15, 0.2) is 5.69 Å². The Bertz CT molecular complexity index is 1330. The van der Waals surface area contributed by atoms with E-state index >= 15 is 0 Å². The van der Waals surface area contributed by atoms with Crippen LogP contribution in [0.3, 0.4) is 0 Å². The number of aromatic nitrogens is 4. The van der Waals surface area contributed by atoms with Crippen LogP contribution in [-0.2, 0) is 22.5 Å². The summed E-state index contributed by atoms with van der Waals surface area (Å²) in [5, 5.41) is 9.42. The van der Waals surface area contributed by atoms with Crippen molar-refractivity contribution in [2.75, 3.05) is 6.61 Å². The molecular formula is C25H25N5O3. The first-order valence-corrected chi connectivity index (χ1v) is 10.9. The molecule has 2 aromatic heterocycles. The van der Waals surface area contributed by atoms with Gasteiger partial charge in [0, 0.05) is 16.5 Å². The molecule has 0 N–H and O–H groups in total. The van der Waals surface area contributed by atoms with Crippen molar-refractivity contribution in [3.05, 3.63) is 59.6 Å². The third kappa shape index (κ3) is 4.93. The minimum Gasteiger partial charge on any atom is -0.466 e. The van der Waals surface area contributed by atoms with Gasteiger partial charge < -0.3 is 9.26 Å². The van der Waals surface area contributed by atoms with Gasteiger partial charge in [-0.25, -0.2) is 4.85 Å². The maximum absolute atomic E-state index is 11.6. The predicted molar refractivity (Wildman–Crippen MR) is 125 cm³/mol. The van der Waals surface area contributed by atoms with Crippen molar-refractivity contribution in [1.29, 1.82) is 0 Å². The van der Waals surface area contributed by atoms with Gasteiger partial charge in [-0.1, -0.05) is 31.1 Å². The maximum Gasteiger partial charge on any atom is 0.307 e. The summed E-state index contributed by atoms with van der Waals surface area (Å²) in [6.07, 6.45) is 2.87. The van der Waals surface area contributed by atoms with Crippen LogP contribution in [0.2, 0.25) is 0 Å². The van der Waals surface area contributed by atoms with E-state index in [0.29, 0.717) is 36.5 Å². The lowest BCUT2D eigenvalue weighted by atomic mass is 10.00. The van der Waals surface area contributed by atoms with Crippen LogP contribution < -0.4 is 0 Å². The highest BCUT2D eigenvalue weighted by Gasteiger charge is 2.15. The predicted octanol–water partition coefficient (Wildman–Crippen LogP) is 5.46. The van der Waals surface area contributed by atoms with Crippen LogP contribution in [0.25, 0.3) is 38.6 Å². The molecule has 0 radical (unpaired) electrons. The van der Waals surface area contributed by atoms with Crippen molar-refractivity contribution in [2.45, 2.75) is 40.2 Å². The molecule has 0 bridgehead atoms. The number of fused-ring (bicyclic) bond motifs is 1. The standard InChI is InChI=1S/C25H25N5O3/c1-5-32-23(31)10-11-30-22-9-8-18(13-20(22)15-27-30)24-28-25(33-29-24)19-7-6-17(12-16(2)3)21(14-19)26-4/h6-9,13-16H,5,10-12H2,1-3H3. The Labute approximate surface area is 192 Å².